The molecule has 1 heterocycles. The number of carbonyl (C=O) groups is 3. The number of esters is 1. The second-order valence-corrected chi connectivity index (χ2v) is 10.6. The van der Waals surface area contributed by atoms with E-state index in [0.29, 0.717) is 30.7 Å². The predicted molar refractivity (Wildman–Crippen MR) is 165 cm³/mol. The quantitative estimate of drug-likeness (QED) is 0.146. The van der Waals surface area contributed by atoms with Gasteiger partial charge in [-0.2, -0.15) is 0 Å². The molecule has 8 nitrogen and oxygen atoms in total. The summed E-state index contributed by atoms with van der Waals surface area (Å²) in [6.45, 7) is 5.63. The van der Waals surface area contributed by atoms with Crippen LogP contribution in [0.3, 0.4) is 0 Å². The van der Waals surface area contributed by atoms with Crippen molar-refractivity contribution in [1.29, 1.82) is 0 Å². The van der Waals surface area contributed by atoms with Gasteiger partial charge in [-0.3, -0.25) is 9.59 Å². The van der Waals surface area contributed by atoms with Crippen molar-refractivity contribution in [2.75, 3.05) is 7.11 Å². The minimum atomic E-state index is -0.807. The van der Waals surface area contributed by atoms with E-state index in [2.05, 4.69) is 10.6 Å². The Morgan fingerprint density at radius 1 is 1.17 bits per heavy atom. The molecule has 0 unspecified atom stereocenters. The van der Waals surface area contributed by atoms with Gasteiger partial charge in [-0.1, -0.05) is 90.9 Å². The Morgan fingerprint density at radius 2 is 1.88 bits per heavy atom. The van der Waals surface area contributed by atoms with Crippen molar-refractivity contribution in [1.82, 2.24) is 10.6 Å². The van der Waals surface area contributed by atoms with Crippen LogP contribution in [-0.4, -0.2) is 48.2 Å². The number of nitrogens with one attached hydrogen (secondary N) is 2. The number of halogens is 1. The van der Waals surface area contributed by atoms with Gasteiger partial charge in [0.15, 0.2) is 5.76 Å². The molecule has 2 rings (SSSR count). The normalized spacial score (nSPS) is 18.5. The van der Waals surface area contributed by atoms with E-state index in [1.807, 2.05) is 56.3 Å². The summed E-state index contributed by atoms with van der Waals surface area (Å²) in [7, 11) is 1.44. The molecule has 1 aliphatic heterocycles. The highest BCUT2D eigenvalue weighted by molar-refractivity contribution is 6.29. The number of aliphatic hydroxyl groups excluding tert-OH is 1. The average molecular weight is 597 g/mol. The Kier molecular flexibility index (Phi) is 15.1. The third-order valence-corrected chi connectivity index (χ3v) is 6.54. The highest BCUT2D eigenvalue weighted by Crippen LogP contribution is 2.22. The first-order chi connectivity index (χ1) is 20.1. The van der Waals surface area contributed by atoms with Gasteiger partial charge in [-0.05, 0) is 44.5 Å². The molecule has 226 valence electrons. The number of hydrogen-bond donors (Lipinski definition) is 3. The van der Waals surface area contributed by atoms with Crippen LogP contribution in [-0.2, 0) is 30.3 Å². The third-order valence-electron chi connectivity index (χ3n) is 6.38. The molecule has 1 aliphatic rings. The lowest BCUT2D eigenvalue weighted by molar-refractivity contribution is -0.151. The highest BCUT2D eigenvalue weighted by Gasteiger charge is 2.27. The van der Waals surface area contributed by atoms with Crippen molar-refractivity contribution in [3.05, 3.63) is 107 Å². The maximum absolute atomic E-state index is 12.9. The Balaban J connectivity index is 1.94. The lowest BCUT2D eigenvalue weighted by Crippen LogP contribution is -2.46. The average Bonchev–Trinajstić information content (AvgIpc) is 2.96. The van der Waals surface area contributed by atoms with Gasteiger partial charge in [0.1, 0.15) is 12.1 Å². The van der Waals surface area contributed by atoms with Gasteiger partial charge in [-0.25, -0.2) is 4.79 Å². The molecule has 0 spiro atoms. The zero-order valence-corrected chi connectivity index (χ0v) is 25.3. The van der Waals surface area contributed by atoms with Gasteiger partial charge in [0.05, 0.1) is 13.2 Å². The largest absolute Gasteiger partial charge is 0.490 e. The summed E-state index contributed by atoms with van der Waals surface area (Å²) in [5.74, 6) is -1.04. The first-order valence-corrected chi connectivity index (χ1v) is 14.2. The topological polar surface area (TPSA) is 114 Å². The summed E-state index contributed by atoms with van der Waals surface area (Å²) in [6, 6.07) is 8.60. The summed E-state index contributed by atoms with van der Waals surface area (Å²) < 4.78 is 10.4. The summed E-state index contributed by atoms with van der Waals surface area (Å²) in [5.41, 5.74) is 1.84. The Morgan fingerprint density at radius 3 is 2.55 bits per heavy atom. The van der Waals surface area contributed by atoms with Gasteiger partial charge < -0.3 is 25.2 Å². The van der Waals surface area contributed by atoms with E-state index in [1.54, 1.807) is 37.3 Å². The Bertz CT molecular complexity index is 1230. The fraction of sp³-hybridized carbons (Fsp3) is 0.364. The van der Waals surface area contributed by atoms with E-state index in [4.69, 9.17) is 21.1 Å². The van der Waals surface area contributed by atoms with Crippen LogP contribution in [0.4, 0.5) is 0 Å². The van der Waals surface area contributed by atoms with Crippen molar-refractivity contribution in [3.8, 4) is 0 Å². The molecule has 1 aromatic carbocycles. The minimum absolute atomic E-state index is 0.0122. The van der Waals surface area contributed by atoms with Crippen LogP contribution < -0.4 is 10.6 Å². The molecule has 3 N–H and O–H groups in total. The van der Waals surface area contributed by atoms with Gasteiger partial charge in [-0.15, -0.1) is 0 Å². The van der Waals surface area contributed by atoms with Crippen molar-refractivity contribution in [2.45, 2.75) is 64.7 Å². The maximum atomic E-state index is 12.9. The number of rotatable bonds is 15. The smallest absolute Gasteiger partial charge is 0.373 e. The number of methoxy groups -OCH3 is 1. The van der Waals surface area contributed by atoms with Gasteiger partial charge in [0, 0.05) is 29.9 Å². The van der Waals surface area contributed by atoms with Crippen molar-refractivity contribution >= 4 is 29.4 Å². The number of allylic oxidation sites excluding steroid dienone is 5. The molecule has 0 aliphatic carbocycles. The Labute approximate surface area is 253 Å². The van der Waals surface area contributed by atoms with E-state index >= 15 is 0 Å². The molecule has 0 bridgehead atoms. The number of cyclic esters (lactones) is 1. The van der Waals surface area contributed by atoms with Crippen LogP contribution in [0.25, 0.3) is 0 Å². The van der Waals surface area contributed by atoms with Gasteiger partial charge in [0.25, 0.3) is 0 Å². The third kappa shape index (κ3) is 13.2. The molecule has 0 aromatic heterocycles. The van der Waals surface area contributed by atoms with E-state index < -0.39 is 24.0 Å². The molecule has 1 aromatic rings. The molecule has 42 heavy (non-hydrogen) atoms. The van der Waals surface area contributed by atoms with E-state index in [9.17, 15) is 19.5 Å². The number of amides is 2. The molecule has 2 amide bonds. The maximum Gasteiger partial charge on any atom is 0.373 e. The lowest BCUT2D eigenvalue weighted by Gasteiger charge is -2.25. The lowest BCUT2D eigenvalue weighted by atomic mass is 9.97. The summed E-state index contributed by atoms with van der Waals surface area (Å²) in [5, 5.41) is 16.1. The molecule has 0 saturated heterocycles. The monoisotopic (exact) mass is 596 g/mol. The van der Waals surface area contributed by atoms with Gasteiger partial charge >= 0.3 is 5.97 Å². The van der Waals surface area contributed by atoms with Gasteiger partial charge in [0.2, 0.25) is 11.8 Å². The number of aliphatic hydroxyl groups is 1. The second kappa shape index (κ2) is 18.5. The van der Waals surface area contributed by atoms with Crippen LogP contribution in [0.15, 0.2) is 102 Å². The number of benzene rings is 1. The SMILES string of the molecule is COC1=CC[C@@H]([C@@H](C)/C=C(C)/C=C\C=C/C(=O)N[C@@H](Cc2ccccc2)C(=O)N/C=C\C[C@@H](O)C/C=C(\C)Cl)OC1=O. The molecule has 4 atom stereocenters. The van der Waals surface area contributed by atoms with E-state index in [-0.39, 0.29) is 23.7 Å². The molecule has 9 heteroatoms. The number of hydrogen-bond acceptors (Lipinski definition) is 6. The fourth-order valence-corrected chi connectivity index (χ4v) is 4.20. The standard InChI is InChI=1S/C33H41ClN2O6/c1-23(21-24(2)29-18-19-30(41-4)33(40)42-29)11-8-9-15-31(38)36-28(22-26-12-6-5-7-13-26)32(39)35-20-10-14-27(37)17-16-25(3)34/h5-13,15-16,19-21,24,27-29,37H,14,17-18,22H2,1-4H3,(H,35,39)(H,36,38)/b11-8-,15-9-,20-10-,23-21+,25-16+/t24-,27+,28-,29-/m0/s1. The molecule has 0 saturated carbocycles. The molecule has 0 radical (unpaired) electrons. The van der Waals surface area contributed by atoms with Crippen molar-refractivity contribution in [2.24, 2.45) is 5.92 Å². The van der Waals surface area contributed by atoms with Crippen LogP contribution in [0.5, 0.6) is 0 Å². The number of ether oxygens (including phenoxy) is 2. The summed E-state index contributed by atoms with van der Waals surface area (Å²) in [4.78, 5) is 37.5. The molecule has 0 fully saturated rings. The van der Waals surface area contributed by atoms with Crippen molar-refractivity contribution in [3.63, 3.8) is 0 Å². The van der Waals surface area contributed by atoms with Crippen molar-refractivity contribution < 1.29 is 29.0 Å². The highest BCUT2D eigenvalue weighted by atomic mass is 35.5. The van der Waals surface area contributed by atoms with Crippen LogP contribution in [0, 0.1) is 5.92 Å². The first kappa shape index (κ1) is 34.3. The second-order valence-electron chi connectivity index (χ2n) is 10.0. The molecular weight excluding hydrogens is 556 g/mol. The predicted octanol–water partition coefficient (Wildman–Crippen LogP) is 5.17. The zero-order valence-electron chi connectivity index (χ0n) is 24.6. The van der Waals surface area contributed by atoms with E-state index in [0.717, 1.165) is 11.1 Å². The number of carbonyl (C=O) groups excluding carboxylic acids is 3. The summed E-state index contributed by atoms with van der Waals surface area (Å²) >= 11 is 5.79. The minimum Gasteiger partial charge on any atom is -0.490 e. The Hall–Kier alpha value is -3.88. The van der Waals surface area contributed by atoms with Crippen LogP contribution >= 0.6 is 11.6 Å². The molecular formula is C33H41ClN2O6. The van der Waals surface area contributed by atoms with Crippen LogP contribution in [0.1, 0.15) is 45.6 Å². The van der Waals surface area contributed by atoms with E-state index in [1.165, 1.54) is 19.4 Å². The zero-order chi connectivity index (χ0) is 30.9. The van der Waals surface area contributed by atoms with Crippen LogP contribution in [0.2, 0.25) is 0 Å². The first-order valence-electron chi connectivity index (χ1n) is 13.9. The fourth-order valence-electron chi connectivity index (χ4n) is 4.11. The summed E-state index contributed by atoms with van der Waals surface area (Å²) in [6.07, 6.45) is 15.9.